The summed E-state index contributed by atoms with van der Waals surface area (Å²) in [5.74, 6) is 0.843. The molecule has 2 N–H and O–H groups in total. The smallest absolute Gasteiger partial charge is 0.248 e. The third-order valence-corrected chi connectivity index (χ3v) is 3.50. The average molecular weight is 226 g/mol. The van der Waals surface area contributed by atoms with Gasteiger partial charge in [-0.15, -0.1) is 0 Å². The number of likely N-dealkylation sites (tertiary alicyclic amines) is 1. The number of carbonyl (C=O) groups excluding carboxylic acids is 1. The summed E-state index contributed by atoms with van der Waals surface area (Å²) in [6.45, 7) is 2.43. The Balaban J connectivity index is 1.72. The van der Waals surface area contributed by atoms with Gasteiger partial charge in [0.25, 0.3) is 0 Å². The van der Waals surface area contributed by atoms with Crippen LogP contribution in [0.4, 0.5) is 0 Å². The van der Waals surface area contributed by atoms with E-state index in [-0.39, 0.29) is 18.6 Å². The summed E-state index contributed by atoms with van der Waals surface area (Å²) in [6, 6.07) is 0.241. The van der Waals surface area contributed by atoms with Gasteiger partial charge in [0.1, 0.15) is 6.61 Å². The molecule has 2 rings (SSSR count). The molecule has 4 heteroatoms. The molecule has 4 nitrogen and oxygen atoms in total. The summed E-state index contributed by atoms with van der Waals surface area (Å²) in [5, 5.41) is 0. The second-order valence-electron chi connectivity index (χ2n) is 4.93. The lowest BCUT2D eigenvalue weighted by atomic mass is 10.0. The van der Waals surface area contributed by atoms with E-state index in [2.05, 4.69) is 0 Å². The molecule has 1 heterocycles. The van der Waals surface area contributed by atoms with E-state index in [9.17, 15) is 4.79 Å². The second kappa shape index (κ2) is 5.64. The van der Waals surface area contributed by atoms with Crippen molar-refractivity contribution in [1.82, 2.24) is 4.90 Å². The van der Waals surface area contributed by atoms with Crippen LogP contribution in [0.5, 0.6) is 0 Å². The molecule has 16 heavy (non-hydrogen) atoms. The number of rotatable bonds is 5. The van der Waals surface area contributed by atoms with Crippen molar-refractivity contribution in [2.75, 3.05) is 26.3 Å². The first-order valence-corrected chi connectivity index (χ1v) is 6.38. The first-order chi connectivity index (χ1) is 7.81. The zero-order valence-corrected chi connectivity index (χ0v) is 9.86. The highest BCUT2D eigenvalue weighted by molar-refractivity contribution is 5.77. The Labute approximate surface area is 97.1 Å². The van der Waals surface area contributed by atoms with Crippen LogP contribution < -0.4 is 5.73 Å². The molecule has 1 aliphatic heterocycles. The molecule has 1 aliphatic carbocycles. The van der Waals surface area contributed by atoms with Crippen molar-refractivity contribution in [3.05, 3.63) is 0 Å². The number of amides is 1. The molecule has 1 amide bonds. The van der Waals surface area contributed by atoms with Crippen molar-refractivity contribution in [2.24, 2.45) is 11.7 Å². The first-order valence-electron chi connectivity index (χ1n) is 6.38. The number of carbonyl (C=O) groups is 1. The lowest BCUT2D eigenvalue weighted by molar-refractivity contribution is -0.139. The van der Waals surface area contributed by atoms with Crippen molar-refractivity contribution in [3.63, 3.8) is 0 Å². The zero-order chi connectivity index (χ0) is 11.4. The van der Waals surface area contributed by atoms with Gasteiger partial charge in [-0.3, -0.25) is 4.79 Å². The van der Waals surface area contributed by atoms with E-state index >= 15 is 0 Å². The maximum Gasteiger partial charge on any atom is 0.248 e. The monoisotopic (exact) mass is 226 g/mol. The molecule has 2 aliphatic rings. The van der Waals surface area contributed by atoms with Crippen molar-refractivity contribution in [3.8, 4) is 0 Å². The SMILES string of the molecule is NCC1CCCCN1C(=O)COCC1CC1. The van der Waals surface area contributed by atoms with Crippen LogP contribution in [0.3, 0.4) is 0 Å². The molecular formula is C12H22N2O2. The van der Waals surface area contributed by atoms with Gasteiger partial charge in [-0.25, -0.2) is 0 Å². The summed E-state index contributed by atoms with van der Waals surface area (Å²) >= 11 is 0. The molecule has 1 saturated heterocycles. The lowest BCUT2D eigenvalue weighted by Gasteiger charge is -2.35. The lowest BCUT2D eigenvalue weighted by Crippen LogP contribution is -2.48. The number of hydrogen-bond acceptors (Lipinski definition) is 3. The Hall–Kier alpha value is -0.610. The summed E-state index contributed by atoms with van der Waals surface area (Å²) < 4.78 is 5.43. The van der Waals surface area contributed by atoms with Gasteiger partial charge >= 0.3 is 0 Å². The van der Waals surface area contributed by atoms with Crippen LogP contribution in [0.15, 0.2) is 0 Å². The van der Waals surface area contributed by atoms with E-state index in [0.717, 1.165) is 31.9 Å². The molecule has 0 radical (unpaired) electrons. The van der Waals surface area contributed by atoms with Gasteiger partial charge in [0.15, 0.2) is 0 Å². The van der Waals surface area contributed by atoms with E-state index < -0.39 is 0 Å². The summed E-state index contributed by atoms with van der Waals surface area (Å²) in [7, 11) is 0. The minimum atomic E-state index is 0.121. The van der Waals surface area contributed by atoms with Crippen LogP contribution >= 0.6 is 0 Å². The van der Waals surface area contributed by atoms with Gasteiger partial charge in [-0.2, -0.15) is 0 Å². The van der Waals surface area contributed by atoms with Crippen molar-refractivity contribution in [1.29, 1.82) is 0 Å². The van der Waals surface area contributed by atoms with Crippen LogP contribution in [0, 0.1) is 5.92 Å². The van der Waals surface area contributed by atoms with Gasteiger partial charge in [0.05, 0.1) is 6.61 Å². The molecule has 0 bridgehead atoms. The Bertz CT molecular complexity index is 241. The topological polar surface area (TPSA) is 55.6 Å². The molecule has 2 fully saturated rings. The van der Waals surface area contributed by atoms with Crippen LogP contribution in [-0.2, 0) is 9.53 Å². The third-order valence-electron chi connectivity index (χ3n) is 3.50. The van der Waals surface area contributed by atoms with E-state index in [1.807, 2.05) is 4.90 Å². The Morgan fingerprint density at radius 2 is 2.12 bits per heavy atom. The highest BCUT2D eigenvalue weighted by Gasteiger charge is 2.26. The Morgan fingerprint density at radius 3 is 2.81 bits per heavy atom. The first kappa shape index (κ1) is 11.9. The standard InChI is InChI=1S/C12H22N2O2/c13-7-11-3-1-2-6-14(11)12(15)9-16-8-10-4-5-10/h10-11H,1-9,13H2. The molecular weight excluding hydrogens is 204 g/mol. The quantitative estimate of drug-likeness (QED) is 0.752. The largest absolute Gasteiger partial charge is 0.371 e. The van der Waals surface area contributed by atoms with Crippen LogP contribution in [0.25, 0.3) is 0 Å². The molecule has 0 spiro atoms. The zero-order valence-electron chi connectivity index (χ0n) is 9.86. The average Bonchev–Trinajstić information content (AvgIpc) is 3.13. The fourth-order valence-corrected chi connectivity index (χ4v) is 2.25. The predicted octanol–water partition coefficient (Wildman–Crippen LogP) is 0.753. The normalized spacial score (nSPS) is 25.8. The number of hydrogen-bond donors (Lipinski definition) is 1. The van der Waals surface area contributed by atoms with E-state index in [4.69, 9.17) is 10.5 Å². The molecule has 0 aromatic heterocycles. The van der Waals surface area contributed by atoms with Crippen LogP contribution in [-0.4, -0.2) is 43.2 Å². The summed E-state index contributed by atoms with van der Waals surface area (Å²) in [5.41, 5.74) is 5.68. The van der Waals surface area contributed by atoms with Gasteiger partial charge in [-0.1, -0.05) is 0 Å². The maximum absolute atomic E-state index is 11.9. The maximum atomic E-state index is 11.9. The number of nitrogens with two attached hydrogens (primary N) is 1. The van der Waals surface area contributed by atoms with E-state index in [1.54, 1.807) is 0 Å². The molecule has 92 valence electrons. The molecule has 1 atom stereocenters. The van der Waals surface area contributed by atoms with Crippen LogP contribution in [0.2, 0.25) is 0 Å². The summed E-state index contributed by atoms with van der Waals surface area (Å²) in [6.07, 6.45) is 5.87. The minimum Gasteiger partial charge on any atom is -0.371 e. The highest BCUT2D eigenvalue weighted by Crippen LogP contribution is 2.28. The highest BCUT2D eigenvalue weighted by atomic mass is 16.5. The minimum absolute atomic E-state index is 0.121. The molecule has 0 aromatic rings. The van der Waals surface area contributed by atoms with Crippen LogP contribution in [0.1, 0.15) is 32.1 Å². The molecule has 0 aromatic carbocycles. The van der Waals surface area contributed by atoms with E-state index in [0.29, 0.717) is 6.54 Å². The number of ether oxygens (including phenoxy) is 1. The second-order valence-corrected chi connectivity index (χ2v) is 4.93. The predicted molar refractivity (Wildman–Crippen MR) is 61.9 cm³/mol. The number of piperidine rings is 1. The Morgan fingerprint density at radius 1 is 1.31 bits per heavy atom. The number of nitrogens with zero attached hydrogens (tertiary/aromatic N) is 1. The van der Waals surface area contributed by atoms with Gasteiger partial charge < -0.3 is 15.4 Å². The van der Waals surface area contributed by atoms with Gasteiger partial charge in [0.2, 0.25) is 5.91 Å². The molecule has 1 unspecified atom stereocenters. The van der Waals surface area contributed by atoms with Crippen molar-refractivity contribution >= 4 is 5.91 Å². The summed E-state index contributed by atoms with van der Waals surface area (Å²) in [4.78, 5) is 13.8. The van der Waals surface area contributed by atoms with Crippen molar-refractivity contribution < 1.29 is 9.53 Å². The fourth-order valence-electron chi connectivity index (χ4n) is 2.25. The van der Waals surface area contributed by atoms with Crippen molar-refractivity contribution in [2.45, 2.75) is 38.1 Å². The van der Waals surface area contributed by atoms with Gasteiger partial charge in [0, 0.05) is 19.1 Å². The third kappa shape index (κ3) is 3.19. The fraction of sp³-hybridized carbons (Fsp3) is 0.917. The van der Waals surface area contributed by atoms with Gasteiger partial charge in [-0.05, 0) is 38.0 Å². The Kier molecular flexibility index (Phi) is 4.18. The van der Waals surface area contributed by atoms with E-state index in [1.165, 1.54) is 19.3 Å². The molecule has 1 saturated carbocycles.